The molecule has 1 saturated heterocycles. The molecule has 0 amide bonds. The third kappa shape index (κ3) is 4.35. The lowest BCUT2D eigenvalue weighted by Gasteiger charge is -2.18. The number of aliphatic hydroxyl groups is 2. The molecule has 4 rings (SSSR count). The van der Waals surface area contributed by atoms with Gasteiger partial charge in [0, 0.05) is 17.5 Å². The van der Waals surface area contributed by atoms with Crippen molar-refractivity contribution >= 4 is 30.2 Å². The number of aromatic nitrogens is 3. The Morgan fingerprint density at radius 1 is 1.24 bits per heavy atom. The number of aliphatic hydroxyl groups excluding tert-OH is 2. The molecule has 0 bridgehead atoms. The Kier molecular flexibility index (Phi) is 5.98. The van der Waals surface area contributed by atoms with Gasteiger partial charge in [0.1, 0.15) is 30.3 Å². The number of halogens is 1. The summed E-state index contributed by atoms with van der Waals surface area (Å²) in [7, 11) is -4.33. The number of ether oxygens (including phenoxy) is 2. The minimum Gasteiger partial charge on any atom is -0.387 e. The molecule has 3 heterocycles. The highest BCUT2D eigenvalue weighted by atomic mass is 35.5. The van der Waals surface area contributed by atoms with Gasteiger partial charge in [-0.3, -0.25) is 4.57 Å². The van der Waals surface area contributed by atoms with Crippen molar-refractivity contribution in [2.75, 3.05) is 13.0 Å². The van der Waals surface area contributed by atoms with Crippen LogP contribution in [-0.4, -0.2) is 65.8 Å². The molecule has 2 aromatic heterocycles. The number of hydrogen-bond donors (Lipinski definition) is 4. The normalized spacial score (nSPS) is 28.6. The van der Waals surface area contributed by atoms with Gasteiger partial charge in [-0.15, -0.1) is 0 Å². The van der Waals surface area contributed by atoms with Gasteiger partial charge in [-0.05, 0) is 30.5 Å². The summed E-state index contributed by atoms with van der Waals surface area (Å²) in [6.07, 6.45) is 0.788. The molecule has 0 spiro atoms. The van der Waals surface area contributed by atoms with Gasteiger partial charge >= 0.3 is 7.60 Å². The number of rotatable bonds is 6. The number of nitrogens with zero attached hydrogens (tertiary/aromatic N) is 3. The summed E-state index contributed by atoms with van der Waals surface area (Å²) in [5.41, 5.74) is 1.38. The van der Waals surface area contributed by atoms with E-state index in [2.05, 4.69) is 9.97 Å². The van der Waals surface area contributed by atoms with Gasteiger partial charge in [0.2, 0.25) is 5.28 Å². The molecule has 160 valence electrons. The summed E-state index contributed by atoms with van der Waals surface area (Å²) < 4.78 is 23.2. The topological polar surface area (TPSA) is 147 Å². The van der Waals surface area contributed by atoms with Crippen LogP contribution < -0.4 is 0 Å². The lowest BCUT2D eigenvalue weighted by Crippen LogP contribution is -2.33. The first-order valence-corrected chi connectivity index (χ1v) is 11.6. The van der Waals surface area contributed by atoms with Gasteiger partial charge in [0.15, 0.2) is 6.23 Å². The predicted molar refractivity (Wildman–Crippen MR) is 103 cm³/mol. The zero-order chi connectivity index (χ0) is 20.8. The van der Waals surface area contributed by atoms with Crippen molar-refractivity contribution in [1.29, 1.82) is 0 Å². The first-order valence-electron chi connectivity index (χ1n) is 9.42. The van der Waals surface area contributed by atoms with E-state index in [4.69, 9.17) is 30.9 Å². The Morgan fingerprint density at radius 3 is 2.66 bits per heavy atom. The van der Waals surface area contributed by atoms with Crippen LogP contribution in [0.1, 0.15) is 43.5 Å². The molecule has 0 unspecified atom stereocenters. The van der Waals surface area contributed by atoms with Crippen LogP contribution in [-0.2, 0) is 14.0 Å². The molecule has 0 aromatic carbocycles. The van der Waals surface area contributed by atoms with Crippen molar-refractivity contribution in [2.24, 2.45) is 0 Å². The molecule has 1 saturated carbocycles. The molecule has 2 aliphatic rings. The van der Waals surface area contributed by atoms with Gasteiger partial charge in [-0.1, -0.05) is 12.8 Å². The molecule has 4 N–H and O–H groups in total. The van der Waals surface area contributed by atoms with Gasteiger partial charge in [-0.25, -0.2) is 4.98 Å². The van der Waals surface area contributed by atoms with Crippen molar-refractivity contribution in [3.05, 3.63) is 23.2 Å². The van der Waals surface area contributed by atoms with E-state index in [0.29, 0.717) is 11.6 Å². The summed E-state index contributed by atoms with van der Waals surface area (Å²) in [5, 5.41) is 21.7. The summed E-state index contributed by atoms with van der Waals surface area (Å²) in [6.45, 7) is -0.276. The van der Waals surface area contributed by atoms with Gasteiger partial charge in [-0.2, -0.15) is 4.98 Å². The minimum absolute atomic E-state index is 0.105. The minimum atomic E-state index is -4.33. The molecule has 10 nitrogen and oxygen atoms in total. The Balaban J connectivity index is 1.58. The van der Waals surface area contributed by atoms with Gasteiger partial charge < -0.3 is 34.0 Å². The van der Waals surface area contributed by atoms with E-state index in [1.165, 1.54) is 0 Å². The summed E-state index contributed by atoms with van der Waals surface area (Å²) >= 11 is 6.16. The summed E-state index contributed by atoms with van der Waals surface area (Å²) in [6, 6.07) is 1.85. The monoisotopic (exact) mass is 447 g/mol. The second-order valence-electron chi connectivity index (χ2n) is 7.53. The van der Waals surface area contributed by atoms with E-state index in [-0.39, 0.29) is 11.9 Å². The number of hydrogen-bond acceptors (Lipinski definition) is 7. The Bertz CT molecular complexity index is 929. The first-order chi connectivity index (χ1) is 13.7. The molecule has 1 aliphatic carbocycles. The standard InChI is InChI=1S/C17H23ClN3O7P/c18-17-19-12(9-3-1-2-4-9)10-5-6-21(15(10)20-17)16-14(23)13(22)11(28-16)7-27-8-29(24,25)26/h5-6,9,11,13-14,16,22-23H,1-4,7-8H2,(H2,24,25,26)/t11-,13-,14-,16-/m1/s1. The van der Waals surface area contributed by atoms with Crippen LogP contribution in [0.15, 0.2) is 12.3 Å². The van der Waals surface area contributed by atoms with Crippen molar-refractivity contribution in [3.63, 3.8) is 0 Å². The molecule has 1 aliphatic heterocycles. The van der Waals surface area contributed by atoms with Crippen LogP contribution >= 0.6 is 19.2 Å². The van der Waals surface area contributed by atoms with Crippen LogP contribution in [0.4, 0.5) is 0 Å². The average Bonchev–Trinajstić information content (AvgIpc) is 3.36. The van der Waals surface area contributed by atoms with Crippen molar-refractivity contribution in [3.8, 4) is 0 Å². The Hall–Kier alpha value is -1.10. The van der Waals surface area contributed by atoms with Crippen LogP contribution in [0.3, 0.4) is 0 Å². The fourth-order valence-corrected chi connectivity index (χ4v) is 4.64. The van der Waals surface area contributed by atoms with Crippen LogP contribution in [0.25, 0.3) is 11.0 Å². The van der Waals surface area contributed by atoms with Gasteiger partial charge in [0.05, 0.1) is 12.3 Å². The SMILES string of the molecule is O=P(O)(O)COC[C@H]1O[C@@H](n2ccc3c(C4CCCC4)nc(Cl)nc32)[C@H](O)[C@@H]1O. The lowest BCUT2D eigenvalue weighted by atomic mass is 10.0. The van der Waals surface area contributed by atoms with Crippen molar-refractivity contribution in [2.45, 2.75) is 56.1 Å². The first kappa shape index (κ1) is 21.1. The second-order valence-corrected chi connectivity index (χ2v) is 9.46. The Labute approximate surface area is 171 Å². The maximum atomic E-state index is 10.9. The predicted octanol–water partition coefficient (Wildman–Crippen LogP) is 1.51. The van der Waals surface area contributed by atoms with Gasteiger partial charge in [0.25, 0.3) is 0 Å². The average molecular weight is 448 g/mol. The smallest absolute Gasteiger partial charge is 0.350 e. The van der Waals surface area contributed by atoms with Crippen molar-refractivity contribution in [1.82, 2.24) is 14.5 Å². The molecular formula is C17H23ClN3O7P. The second kappa shape index (κ2) is 8.20. The van der Waals surface area contributed by atoms with Crippen LogP contribution in [0.2, 0.25) is 5.28 Å². The van der Waals surface area contributed by atoms with E-state index >= 15 is 0 Å². The molecule has 2 aromatic rings. The van der Waals surface area contributed by atoms with E-state index in [9.17, 15) is 14.8 Å². The van der Waals surface area contributed by atoms with E-state index in [1.54, 1.807) is 10.8 Å². The highest BCUT2D eigenvalue weighted by Gasteiger charge is 2.44. The van der Waals surface area contributed by atoms with E-state index in [0.717, 1.165) is 36.8 Å². The molecule has 12 heteroatoms. The quantitative estimate of drug-likeness (QED) is 0.382. The lowest BCUT2D eigenvalue weighted by molar-refractivity contribution is -0.0610. The van der Waals surface area contributed by atoms with Crippen molar-refractivity contribution < 1.29 is 34.0 Å². The molecule has 4 atom stereocenters. The van der Waals surface area contributed by atoms with Crippen LogP contribution in [0.5, 0.6) is 0 Å². The fraction of sp³-hybridized carbons (Fsp3) is 0.647. The summed E-state index contributed by atoms with van der Waals surface area (Å²) in [5.74, 6) is 0.308. The number of fused-ring (bicyclic) bond motifs is 1. The van der Waals surface area contributed by atoms with E-state index < -0.39 is 38.5 Å². The Morgan fingerprint density at radius 2 is 1.97 bits per heavy atom. The molecule has 29 heavy (non-hydrogen) atoms. The highest BCUT2D eigenvalue weighted by Crippen LogP contribution is 2.39. The third-order valence-electron chi connectivity index (χ3n) is 5.47. The highest BCUT2D eigenvalue weighted by molar-refractivity contribution is 7.51. The zero-order valence-corrected chi connectivity index (χ0v) is 17.1. The molecular weight excluding hydrogens is 425 g/mol. The maximum absolute atomic E-state index is 10.9. The van der Waals surface area contributed by atoms with E-state index in [1.807, 2.05) is 6.07 Å². The molecule has 0 radical (unpaired) electrons. The summed E-state index contributed by atoms with van der Waals surface area (Å²) in [4.78, 5) is 26.5. The third-order valence-corrected chi connectivity index (χ3v) is 6.16. The molecule has 2 fully saturated rings. The fourth-order valence-electron chi connectivity index (χ4n) is 4.13. The maximum Gasteiger partial charge on any atom is 0.350 e. The van der Waals surface area contributed by atoms with Crippen LogP contribution in [0, 0.1) is 0 Å². The zero-order valence-electron chi connectivity index (χ0n) is 15.5. The largest absolute Gasteiger partial charge is 0.387 e.